The molecule has 2 saturated carbocycles. The molecule has 0 aromatic heterocycles. The largest absolute Gasteiger partial charge is 0.481 e. The van der Waals surface area contributed by atoms with Gasteiger partial charge >= 0.3 is 5.97 Å². The first kappa shape index (κ1) is 9.35. The summed E-state index contributed by atoms with van der Waals surface area (Å²) in [4.78, 5) is 10.8. The average Bonchev–Trinajstić information content (AvgIpc) is 2.54. The SMILES string of the molecule is O=C(O)[C@H]1[C@@H](C=C(Cl)Cl)C12CCC2. The Morgan fingerprint density at radius 3 is 2.31 bits per heavy atom. The molecule has 2 atom stereocenters. The summed E-state index contributed by atoms with van der Waals surface area (Å²) in [5.74, 6) is -0.881. The van der Waals surface area contributed by atoms with Crippen LogP contribution in [0.2, 0.25) is 0 Å². The topological polar surface area (TPSA) is 37.3 Å². The van der Waals surface area contributed by atoms with E-state index in [2.05, 4.69) is 0 Å². The number of carboxylic acid groups (broad SMARTS) is 1. The molecule has 0 unspecified atom stereocenters. The van der Waals surface area contributed by atoms with E-state index in [-0.39, 0.29) is 21.7 Å². The first-order valence-corrected chi connectivity index (χ1v) is 5.09. The van der Waals surface area contributed by atoms with Gasteiger partial charge < -0.3 is 5.11 Å². The maximum atomic E-state index is 10.8. The van der Waals surface area contributed by atoms with Crippen molar-refractivity contribution in [2.24, 2.45) is 17.3 Å². The van der Waals surface area contributed by atoms with Gasteiger partial charge in [0.15, 0.2) is 0 Å². The van der Waals surface area contributed by atoms with Crippen LogP contribution in [0.1, 0.15) is 19.3 Å². The van der Waals surface area contributed by atoms with Gasteiger partial charge in [-0.2, -0.15) is 0 Å². The second-order valence-electron chi connectivity index (χ2n) is 3.88. The third-order valence-corrected chi connectivity index (χ3v) is 3.64. The number of hydrogen-bond acceptors (Lipinski definition) is 1. The van der Waals surface area contributed by atoms with Gasteiger partial charge in [-0.25, -0.2) is 0 Å². The van der Waals surface area contributed by atoms with Gasteiger partial charge in [-0.3, -0.25) is 4.79 Å². The van der Waals surface area contributed by atoms with E-state index in [9.17, 15) is 4.79 Å². The molecule has 2 fully saturated rings. The molecule has 0 radical (unpaired) electrons. The maximum Gasteiger partial charge on any atom is 0.307 e. The van der Waals surface area contributed by atoms with Crippen molar-refractivity contribution in [3.05, 3.63) is 10.6 Å². The number of carboxylic acids is 1. The van der Waals surface area contributed by atoms with Gasteiger partial charge in [0.2, 0.25) is 0 Å². The van der Waals surface area contributed by atoms with Gasteiger partial charge in [0.05, 0.1) is 5.92 Å². The van der Waals surface area contributed by atoms with Gasteiger partial charge in [-0.15, -0.1) is 0 Å². The second-order valence-corrected chi connectivity index (χ2v) is 4.89. The van der Waals surface area contributed by atoms with Gasteiger partial charge in [0.1, 0.15) is 4.49 Å². The summed E-state index contributed by atoms with van der Waals surface area (Å²) >= 11 is 11.0. The van der Waals surface area contributed by atoms with Crippen LogP contribution in [0.5, 0.6) is 0 Å². The molecule has 0 aromatic rings. The fourth-order valence-electron chi connectivity index (χ4n) is 2.55. The highest BCUT2D eigenvalue weighted by atomic mass is 35.5. The molecule has 1 N–H and O–H groups in total. The standard InChI is InChI=1S/C9H10Cl2O2/c10-6(11)4-5-7(8(12)13)9(5)2-1-3-9/h4-5,7H,1-3H2,(H,12,13)/t5-,7-/m1/s1. The van der Waals surface area contributed by atoms with Gasteiger partial charge in [0.25, 0.3) is 0 Å². The van der Waals surface area contributed by atoms with E-state index in [4.69, 9.17) is 28.3 Å². The number of rotatable bonds is 2. The van der Waals surface area contributed by atoms with Crippen molar-refractivity contribution in [2.45, 2.75) is 19.3 Å². The van der Waals surface area contributed by atoms with Gasteiger partial charge in [0, 0.05) is 0 Å². The summed E-state index contributed by atoms with van der Waals surface area (Å²) in [6.45, 7) is 0. The zero-order valence-electron chi connectivity index (χ0n) is 6.96. The van der Waals surface area contributed by atoms with Crippen molar-refractivity contribution >= 4 is 29.2 Å². The quantitative estimate of drug-likeness (QED) is 0.778. The molecule has 0 aliphatic heterocycles. The summed E-state index contributed by atoms with van der Waals surface area (Å²) < 4.78 is 0.194. The summed E-state index contributed by atoms with van der Waals surface area (Å²) in [5, 5.41) is 8.92. The minimum atomic E-state index is -0.712. The maximum absolute atomic E-state index is 10.8. The van der Waals surface area contributed by atoms with Crippen LogP contribution in [0, 0.1) is 17.3 Å². The van der Waals surface area contributed by atoms with Crippen molar-refractivity contribution < 1.29 is 9.90 Å². The van der Waals surface area contributed by atoms with Crippen LogP contribution in [-0.4, -0.2) is 11.1 Å². The van der Waals surface area contributed by atoms with Crippen molar-refractivity contribution in [1.82, 2.24) is 0 Å². The van der Waals surface area contributed by atoms with E-state index in [1.807, 2.05) is 0 Å². The number of hydrogen-bond donors (Lipinski definition) is 1. The normalized spacial score (nSPS) is 33.7. The molecule has 0 saturated heterocycles. The molecule has 2 aliphatic rings. The van der Waals surface area contributed by atoms with Crippen molar-refractivity contribution in [3.63, 3.8) is 0 Å². The van der Waals surface area contributed by atoms with Crippen LogP contribution in [-0.2, 0) is 4.79 Å². The molecule has 2 aliphatic carbocycles. The lowest BCUT2D eigenvalue weighted by atomic mass is 9.78. The van der Waals surface area contributed by atoms with Crippen molar-refractivity contribution in [2.75, 3.05) is 0 Å². The Morgan fingerprint density at radius 1 is 1.46 bits per heavy atom. The molecular weight excluding hydrogens is 211 g/mol. The number of allylic oxidation sites excluding steroid dienone is 1. The molecule has 13 heavy (non-hydrogen) atoms. The molecule has 2 rings (SSSR count). The fraction of sp³-hybridized carbons (Fsp3) is 0.667. The molecule has 72 valence electrons. The van der Waals surface area contributed by atoms with E-state index >= 15 is 0 Å². The van der Waals surface area contributed by atoms with Gasteiger partial charge in [-0.1, -0.05) is 29.6 Å². The van der Waals surface area contributed by atoms with E-state index in [1.165, 1.54) is 0 Å². The Bertz CT molecular complexity index is 277. The fourth-order valence-corrected chi connectivity index (χ4v) is 2.82. The Morgan fingerprint density at radius 2 is 2.08 bits per heavy atom. The summed E-state index contributed by atoms with van der Waals surface area (Å²) in [5.41, 5.74) is 0.0147. The Labute approximate surface area is 86.5 Å². The zero-order chi connectivity index (χ0) is 9.64. The predicted molar refractivity (Wildman–Crippen MR) is 50.7 cm³/mol. The lowest BCUT2D eigenvalue weighted by Gasteiger charge is -2.26. The molecule has 1 spiro atoms. The Kier molecular flexibility index (Phi) is 2.08. The van der Waals surface area contributed by atoms with Crippen LogP contribution in [0.15, 0.2) is 10.6 Å². The van der Waals surface area contributed by atoms with Crippen LogP contribution < -0.4 is 0 Å². The minimum absolute atomic E-state index is 0.0147. The van der Waals surface area contributed by atoms with Crippen molar-refractivity contribution in [3.8, 4) is 0 Å². The molecular formula is C9H10Cl2O2. The predicted octanol–water partition coefficient (Wildman–Crippen LogP) is 2.81. The summed E-state index contributed by atoms with van der Waals surface area (Å²) in [6.07, 6.45) is 4.83. The van der Waals surface area contributed by atoms with Crippen LogP contribution in [0.25, 0.3) is 0 Å². The van der Waals surface area contributed by atoms with E-state index in [1.54, 1.807) is 6.08 Å². The first-order valence-electron chi connectivity index (χ1n) is 4.33. The molecule has 0 heterocycles. The van der Waals surface area contributed by atoms with Crippen molar-refractivity contribution in [1.29, 1.82) is 0 Å². The lowest BCUT2D eigenvalue weighted by molar-refractivity contribution is -0.140. The monoisotopic (exact) mass is 220 g/mol. The van der Waals surface area contributed by atoms with Gasteiger partial charge in [-0.05, 0) is 30.3 Å². The molecule has 4 heteroatoms. The third kappa shape index (κ3) is 1.27. The third-order valence-electron chi connectivity index (χ3n) is 3.39. The van der Waals surface area contributed by atoms with E-state index in [0.717, 1.165) is 19.3 Å². The zero-order valence-corrected chi connectivity index (χ0v) is 8.48. The molecule has 2 nitrogen and oxygen atoms in total. The first-order chi connectivity index (χ1) is 6.08. The molecule has 0 aromatic carbocycles. The Hall–Kier alpha value is -0.210. The molecule has 0 amide bonds. The highest BCUT2D eigenvalue weighted by Gasteiger charge is 2.69. The smallest absolute Gasteiger partial charge is 0.307 e. The molecule has 0 bridgehead atoms. The number of aliphatic carboxylic acids is 1. The summed E-state index contributed by atoms with van der Waals surface area (Å²) in [7, 11) is 0. The van der Waals surface area contributed by atoms with E-state index in [0.29, 0.717) is 0 Å². The summed E-state index contributed by atoms with van der Waals surface area (Å²) in [6, 6.07) is 0. The Balaban J connectivity index is 2.13. The minimum Gasteiger partial charge on any atom is -0.481 e. The number of halogens is 2. The number of carbonyl (C=O) groups is 1. The van der Waals surface area contributed by atoms with Crippen LogP contribution >= 0.6 is 23.2 Å². The highest BCUT2D eigenvalue weighted by Crippen LogP contribution is 2.70. The lowest BCUT2D eigenvalue weighted by Crippen LogP contribution is -2.18. The van der Waals surface area contributed by atoms with Crippen LogP contribution in [0.3, 0.4) is 0 Å². The van der Waals surface area contributed by atoms with E-state index < -0.39 is 5.97 Å². The second kappa shape index (κ2) is 2.89. The van der Waals surface area contributed by atoms with Crippen LogP contribution in [0.4, 0.5) is 0 Å². The highest BCUT2D eigenvalue weighted by molar-refractivity contribution is 6.55. The average molecular weight is 221 g/mol.